The quantitative estimate of drug-likeness (QED) is 0.609. The maximum Gasteiger partial charge on any atom is 0.165 e. The van der Waals surface area contributed by atoms with Gasteiger partial charge in [-0.15, -0.1) is 0 Å². The van der Waals surface area contributed by atoms with Crippen LogP contribution in [0.2, 0.25) is 0 Å². The summed E-state index contributed by atoms with van der Waals surface area (Å²) >= 11 is 0. The van der Waals surface area contributed by atoms with Crippen molar-refractivity contribution in [3.63, 3.8) is 0 Å². The lowest BCUT2D eigenvalue weighted by Crippen LogP contribution is -2.33. The Morgan fingerprint density at radius 2 is 2.09 bits per heavy atom. The highest BCUT2D eigenvalue weighted by Crippen LogP contribution is 2.33. The van der Waals surface area contributed by atoms with Gasteiger partial charge in [0, 0.05) is 12.2 Å². The molecule has 118 valence electrons. The number of aliphatic hydroxyl groups excluding tert-OH is 3. The molecule has 1 aliphatic carbocycles. The Morgan fingerprint density at radius 1 is 1.27 bits per heavy atom. The lowest BCUT2D eigenvalue weighted by Gasteiger charge is -2.16. The predicted octanol–water partition coefficient (Wildman–Crippen LogP) is -0.383. The Hall–Kier alpha value is -1.74. The van der Waals surface area contributed by atoms with Crippen molar-refractivity contribution in [1.29, 1.82) is 0 Å². The van der Waals surface area contributed by atoms with Crippen molar-refractivity contribution in [2.45, 2.75) is 43.4 Å². The summed E-state index contributed by atoms with van der Waals surface area (Å²) in [5.74, 6) is 0. The summed E-state index contributed by atoms with van der Waals surface area (Å²) in [4.78, 5) is 8.67. The van der Waals surface area contributed by atoms with Gasteiger partial charge >= 0.3 is 0 Å². The van der Waals surface area contributed by atoms with E-state index in [1.165, 1.54) is 6.33 Å². The number of ether oxygens (including phenoxy) is 1. The first-order valence-corrected chi connectivity index (χ1v) is 7.39. The number of hydrogen-bond donors (Lipinski definition) is 4. The Bertz CT molecular complexity index is 687. The molecule has 1 saturated carbocycles. The molecule has 22 heavy (non-hydrogen) atoms. The van der Waals surface area contributed by atoms with E-state index in [0.29, 0.717) is 17.2 Å². The van der Waals surface area contributed by atoms with Gasteiger partial charge in [0.15, 0.2) is 11.9 Å². The standard InChI is InChI=1S/C14H18N4O4/c19-5-9-11(20)12(21)14(22-9)18-6-16-10-8(17-7-1-2-7)3-4-15-13(10)18/h3-4,6-7,9,11-12,14,19-21H,1-2,5H2,(H,15,17). The molecule has 2 fully saturated rings. The minimum absolute atomic E-state index is 0.358. The number of fused-ring (bicyclic) bond motifs is 1. The third kappa shape index (κ3) is 2.15. The fourth-order valence-corrected chi connectivity index (χ4v) is 2.79. The minimum atomic E-state index is -1.14. The van der Waals surface area contributed by atoms with Crippen molar-refractivity contribution in [3.05, 3.63) is 18.6 Å². The second-order valence-corrected chi connectivity index (χ2v) is 5.83. The minimum Gasteiger partial charge on any atom is -0.394 e. The molecule has 4 rings (SSSR count). The second kappa shape index (κ2) is 5.17. The van der Waals surface area contributed by atoms with Gasteiger partial charge in [-0.25, -0.2) is 9.97 Å². The lowest BCUT2D eigenvalue weighted by molar-refractivity contribution is -0.0511. The normalized spacial score (nSPS) is 31.8. The summed E-state index contributed by atoms with van der Waals surface area (Å²) in [7, 11) is 0. The molecule has 2 aliphatic rings. The number of rotatable bonds is 4. The van der Waals surface area contributed by atoms with E-state index in [2.05, 4.69) is 15.3 Å². The van der Waals surface area contributed by atoms with Gasteiger partial charge < -0.3 is 25.4 Å². The zero-order valence-electron chi connectivity index (χ0n) is 11.8. The largest absolute Gasteiger partial charge is 0.394 e. The third-order valence-corrected chi connectivity index (χ3v) is 4.19. The van der Waals surface area contributed by atoms with Crippen molar-refractivity contribution in [2.24, 2.45) is 0 Å². The molecule has 3 heterocycles. The molecule has 2 aromatic heterocycles. The van der Waals surface area contributed by atoms with Gasteiger partial charge in [-0.05, 0) is 18.9 Å². The maximum atomic E-state index is 10.1. The molecule has 1 aliphatic heterocycles. The fourth-order valence-electron chi connectivity index (χ4n) is 2.79. The Kier molecular flexibility index (Phi) is 3.26. The molecule has 4 atom stereocenters. The van der Waals surface area contributed by atoms with E-state index in [0.717, 1.165) is 18.5 Å². The maximum absolute atomic E-state index is 10.1. The second-order valence-electron chi connectivity index (χ2n) is 5.83. The van der Waals surface area contributed by atoms with Crippen LogP contribution >= 0.6 is 0 Å². The molecule has 8 heteroatoms. The lowest BCUT2D eigenvalue weighted by atomic mass is 10.1. The number of anilines is 1. The van der Waals surface area contributed by atoms with Crippen molar-refractivity contribution >= 4 is 16.9 Å². The SMILES string of the molecule is OCC1OC(n2cnc3c(NC4CC4)ccnc32)C(O)C1O. The van der Waals surface area contributed by atoms with Crippen LogP contribution in [-0.2, 0) is 4.74 Å². The molecule has 1 saturated heterocycles. The van der Waals surface area contributed by atoms with E-state index < -0.39 is 24.5 Å². The fraction of sp³-hybridized carbons (Fsp3) is 0.571. The van der Waals surface area contributed by atoms with Crippen LogP contribution in [0.3, 0.4) is 0 Å². The Balaban J connectivity index is 1.70. The van der Waals surface area contributed by atoms with Crippen LogP contribution in [0.4, 0.5) is 5.69 Å². The topological polar surface area (TPSA) is 113 Å². The van der Waals surface area contributed by atoms with Gasteiger partial charge in [-0.1, -0.05) is 0 Å². The Morgan fingerprint density at radius 3 is 2.77 bits per heavy atom. The first-order chi connectivity index (χ1) is 10.7. The molecule has 0 aromatic carbocycles. The summed E-state index contributed by atoms with van der Waals surface area (Å²) in [6, 6.07) is 2.36. The Labute approximate surface area is 126 Å². The van der Waals surface area contributed by atoms with E-state index in [4.69, 9.17) is 4.74 Å². The first kappa shape index (κ1) is 13.9. The molecular weight excluding hydrogens is 288 g/mol. The van der Waals surface area contributed by atoms with Gasteiger partial charge in [-0.3, -0.25) is 4.57 Å². The van der Waals surface area contributed by atoms with Gasteiger partial charge in [0.05, 0.1) is 18.6 Å². The van der Waals surface area contributed by atoms with Crippen molar-refractivity contribution < 1.29 is 20.1 Å². The highest BCUT2D eigenvalue weighted by Gasteiger charge is 2.44. The van der Waals surface area contributed by atoms with Crippen LogP contribution in [0.25, 0.3) is 11.2 Å². The van der Waals surface area contributed by atoms with Crippen LogP contribution in [0.15, 0.2) is 18.6 Å². The van der Waals surface area contributed by atoms with Crippen molar-refractivity contribution in [2.75, 3.05) is 11.9 Å². The van der Waals surface area contributed by atoms with Gasteiger partial charge in [0.1, 0.15) is 23.8 Å². The molecular formula is C14H18N4O4. The van der Waals surface area contributed by atoms with E-state index in [9.17, 15) is 15.3 Å². The first-order valence-electron chi connectivity index (χ1n) is 7.39. The summed E-state index contributed by atoms with van der Waals surface area (Å²) in [5, 5.41) is 32.6. The average molecular weight is 306 g/mol. The summed E-state index contributed by atoms with van der Waals surface area (Å²) in [5.41, 5.74) is 2.17. The summed E-state index contributed by atoms with van der Waals surface area (Å²) in [6.07, 6.45) is 1.60. The number of hydrogen-bond acceptors (Lipinski definition) is 7. The number of nitrogens with zero attached hydrogens (tertiary/aromatic N) is 3. The number of aliphatic hydroxyl groups is 3. The third-order valence-electron chi connectivity index (χ3n) is 4.19. The van der Waals surface area contributed by atoms with E-state index in [1.54, 1.807) is 10.8 Å². The molecule has 4 unspecified atom stereocenters. The molecule has 0 spiro atoms. The van der Waals surface area contributed by atoms with Crippen LogP contribution in [-0.4, -0.2) is 60.8 Å². The molecule has 4 N–H and O–H groups in total. The van der Waals surface area contributed by atoms with E-state index in [1.807, 2.05) is 6.07 Å². The number of pyridine rings is 1. The van der Waals surface area contributed by atoms with Crippen LogP contribution in [0.1, 0.15) is 19.1 Å². The predicted molar refractivity (Wildman–Crippen MR) is 77.2 cm³/mol. The zero-order chi connectivity index (χ0) is 15.3. The number of imidazole rings is 1. The smallest absolute Gasteiger partial charge is 0.165 e. The van der Waals surface area contributed by atoms with Gasteiger partial charge in [0.2, 0.25) is 0 Å². The summed E-state index contributed by atoms with van der Waals surface area (Å²) < 4.78 is 7.13. The monoisotopic (exact) mass is 306 g/mol. The number of nitrogens with one attached hydrogen (secondary N) is 1. The van der Waals surface area contributed by atoms with Gasteiger partial charge in [-0.2, -0.15) is 0 Å². The van der Waals surface area contributed by atoms with E-state index >= 15 is 0 Å². The highest BCUT2D eigenvalue weighted by molar-refractivity contribution is 5.85. The highest BCUT2D eigenvalue weighted by atomic mass is 16.6. The van der Waals surface area contributed by atoms with Crippen LogP contribution in [0, 0.1) is 0 Å². The molecule has 0 amide bonds. The van der Waals surface area contributed by atoms with E-state index in [-0.39, 0.29) is 6.61 Å². The molecule has 0 bridgehead atoms. The molecule has 0 radical (unpaired) electrons. The summed E-state index contributed by atoms with van der Waals surface area (Å²) in [6.45, 7) is -0.358. The zero-order valence-corrected chi connectivity index (χ0v) is 11.8. The van der Waals surface area contributed by atoms with Crippen molar-refractivity contribution in [3.8, 4) is 0 Å². The van der Waals surface area contributed by atoms with Crippen LogP contribution < -0.4 is 5.32 Å². The van der Waals surface area contributed by atoms with Gasteiger partial charge in [0.25, 0.3) is 0 Å². The number of aromatic nitrogens is 3. The molecule has 8 nitrogen and oxygen atoms in total. The van der Waals surface area contributed by atoms with Crippen LogP contribution in [0.5, 0.6) is 0 Å². The van der Waals surface area contributed by atoms with Crippen molar-refractivity contribution in [1.82, 2.24) is 14.5 Å². The average Bonchev–Trinajstić information content (AvgIpc) is 3.16. The molecule has 2 aromatic rings.